The van der Waals surface area contributed by atoms with Crippen molar-refractivity contribution in [1.82, 2.24) is 4.90 Å². The summed E-state index contributed by atoms with van der Waals surface area (Å²) in [5, 5.41) is 8.73. The number of ether oxygens (including phenoxy) is 1. The van der Waals surface area contributed by atoms with Crippen LogP contribution in [0.3, 0.4) is 0 Å². The van der Waals surface area contributed by atoms with Crippen molar-refractivity contribution in [2.75, 3.05) is 19.7 Å². The maximum absolute atomic E-state index is 10.6. The zero-order valence-electron chi connectivity index (χ0n) is 12.9. The molecule has 0 heterocycles. The number of hydrogen-bond donors (Lipinski definition) is 1. The molecule has 0 amide bonds. The molecule has 21 heavy (non-hydrogen) atoms. The van der Waals surface area contributed by atoms with Gasteiger partial charge in [0.25, 0.3) is 0 Å². The molecule has 4 nitrogen and oxygen atoms in total. The fraction of sp³-hybridized carbons (Fsp3) is 0.588. The molecule has 1 saturated carbocycles. The van der Waals surface area contributed by atoms with E-state index >= 15 is 0 Å². The van der Waals surface area contributed by atoms with Crippen LogP contribution in [-0.2, 0) is 11.2 Å². The minimum Gasteiger partial charge on any atom is -0.492 e. The minimum atomic E-state index is -0.808. The van der Waals surface area contributed by atoms with E-state index in [1.807, 2.05) is 24.3 Å². The molecule has 1 aliphatic rings. The van der Waals surface area contributed by atoms with Crippen LogP contribution in [0.1, 0.15) is 32.3 Å². The molecule has 1 aliphatic carbocycles. The summed E-state index contributed by atoms with van der Waals surface area (Å²) >= 11 is 0. The highest BCUT2D eigenvalue weighted by Crippen LogP contribution is 2.27. The summed E-state index contributed by atoms with van der Waals surface area (Å²) in [6.45, 7) is 7.27. The summed E-state index contributed by atoms with van der Waals surface area (Å²) < 4.78 is 5.77. The van der Waals surface area contributed by atoms with E-state index in [2.05, 4.69) is 18.7 Å². The van der Waals surface area contributed by atoms with Crippen molar-refractivity contribution in [3.8, 4) is 5.75 Å². The lowest BCUT2D eigenvalue weighted by molar-refractivity contribution is -0.136. The molecule has 0 bridgehead atoms. The summed E-state index contributed by atoms with van der Waals surface area (Å²) in [6.07, 6.45) is 2.69. The Morgan fingerprint density at radius 3 is 2.52 bits per heavy atom. The van der Waals surface area contributed by atoms with Crippen LogP contribution in [0.25, 0.3) is 0 Å². The van der Waals surface area contributed by atoms with E-state index in [4.69, 9.17) is 9.84 Å². The SMILES string of the molecule is CC(C)CN(CCOc1ccc(CC(=O)O)cc1)C1CC1. The molecule has 0 unspecified atom stereocenters. The second-order valence-electron chi connectivity index (χ2n) is 6.18. The molecule has 1 aromatic carbocycles. The van der Waals surface area contributed by atoms with E-state index in [9.17, 15) is 4.79 Å². The van der Waals surface area contributed by atoms with Crippen LogP contribution in [0, 0.1) is 5.92 Å². The lowest BCUT2D eigenvalue weighted by Crippen LogP contribution is -2.33. The Hall–Kier alpha value is -1.55. The largest absolute Gasteiger partial charge is 0.492 e. The number of carboxylic acid groups (broad SMARTS) is 1. The van der Waals surface area contributed by atoms with Crippen LogP contribution < -0.4 is 4.74 Å². The Kier molecular flexibility index (Phi) is 5.62. The molecule has 4 heteroatoms. The van der Waals surface area contributed by atoms with Gasteiger partial charge in [0.15, 0.2) is 0 Å². The van der Waals surface area contributed by atoms with Crippen LogP contribution in [0.2, 0.25) is 0 Å². The third-order valence-electron chi connectivity index (χ3n) is 3.59. The first kappa shape index (κ1) is 15.8. The molecule has 0 saturated heterocycles. The van der Waals surface area contributed by atoms with E-state index in [0.717, 1.165) is 30.4 Å². The first-order chi connectivity index (χ1) is 10.0. The standard InChI is InChI=1S/C17H25NO3/c1-13(2)12-18(15-5-6-15)9-10-21-16-7-3-14(4-8-16)11-17(19)20/h3-4,7-8,13,15H,5-6,9-12H2,1-2H3,(H,19,20). The Bertz CT molecular complexity index is 452. The number of rotatable bonds is 9. The Morgan fingerprint density at radius 2 is 2.00 bits per heavy atom. The van der Waals surface area contributed by atoms with Gasteiger partial charge in [-0.3, -0.25) is 9.69 Å². The third kappa shape index (κ3) is 5.76. The summed E-state index contributed by atoms with van der Waals surface area (Å²) in [4.78, 5) is 13.1. The molecular weight excluding hydrogens is 266 g/mol. The Morgan fingerprint density at radius 1 is 1.33 bits per heavy atom. The van der Waals surface area contributed by atoms with Gasteiger partial charge in [0.05, 0.1) is 6.42 Å². The molecule has 1 fully saturated rings. The van der Waals surface area contributed by atoms with Crippen molar-refractivity contribution >= 4 is 5.97 Å². The second kappa shape index (κ2) is 7.46. The molecule has 2 rings (SSSR count). The van der Waals surface area contributed by atoms with Crippen LogP contribution in [-0.4, -0.2) is 41.7 Å². The molecule has 0 atom stereocenters. The summed E-state index contributed by atoms with van der Waals surface area (Å²) in [5.41, 5.74) is 0.800. The van der Waals surface area contributed by atoms with Gasteiger partial charge < -0.3 is 9.84 Å². The van der Waals surface area contributed by atoms with Gasteiger partial charge in [-0.2, -0.15) is 0 Å². The number of carbonyl (C=O) groups is 1. The highest BCUT2D eigenvalue weighted by atomic mass is 16.5. The summed E-state index contributed by atoms with van der Waals surface area (Å²) in [6, 6.07) is 8.09. The molecule has 0 aliphatic heterocycles. The predicted octanol–water partition coefficient (Wildman–Crippen LogP) is 2.81. The first-order valence-electron chi connectivity index (χ1n) is 7.72. The number of nitrogens with zero attached hydrogens (tertiary/aromatic N) is 1. The van der Waals surface area contributed by atoms with E-state index in [1.165, 1.54) is 12.8 Å². The molecule has 1 N–H and O–H groups in total. The monoisotopic (exact) mass is 291 g/mol. The second-order valence-corrected chi connectivity index (χ2v) is 6.18. The van der Waals surface area contributed by atoms with E-state index < -0.39 is 5.97 Å². The van der Waals surface area contributed by atoms with Gasteiger partial charge in [0.1, 0.15) is 12.4 Å². The number of aliphatic carboxylic acids is 1. The molecule has 116 valence electrons. The maximum Gasteiger partial charge on any atom is 0.307 e. The van der Waals surface area contributed by atoms with E-state index in [0.29, 0.717) is 12.5 Å². The highest BCUT2D eigenvalue weighted by Gasteiger charge is 2.28. The van der Waals surface area contributed by atoms with Gasteiger partial charge in [-0.1, -0.05) is 26.0 Å². The van der Waals surface area contributed by atoms with Crippen molar-refractivity contribution in [2.45, 2.75) is 39.2 Å². The number of hydrogen-bond acceptors (Lipinski definition) is 3. The fourth-order valence-electron chi connectivity index (χ4n) is 2.49. The van der Waals surface area contributed by atoms with Crippen LogP contribution in [0.15, 0.2) is 24.3 Å². The summed E-state index contributed by atoms with van der Waals surface area (Å²) in [7, 11) is 0. The maximum atomic E-state index is 10.6. The molecule has 0 radical (unpaired) electrons. The van der Waals surface area contributed by atoms with Crippen molar-refractivity contribution in [2.24, 2.45) is 5.92 Å². The number of carboxylic acids is 1. The van der Waals surface area contributed by atoms with Gasteiger partial charge in [-0.05, 0) is 36.5 Å². The molecule has 0 spiro atoms. The highest BCUT2D eigenvalue weighted by molar-refractivity contribution is 5.70. The topological polar surface area (TPSA) is 49.8 Å². The average Bonchev–Trinajstić information content (AvgIpc) is 3.23. The van der Waals surface area contributed by atoms with Gasteiger partial charge in [0, 0.05) is 19.1 Å². The van der Waals surface area contributed by atoms with Gasteiger partial charge in [0.2, 0.25) is 0 Å². The normalized spacial score (nSPS) is 14.7. The van der Waals surface area contributed by atoms with Crippen LogP contribution in [0.5, 0.6) is 5.75 Å². The Labute approximate surface area is 126 Å². The van der Waals surface area contributed by atoms with E-state index in [-0.39, 0.29) is 6.42 Å². The van der Waals surface area contributed by atoms with Crippen molar-refractivity contribution < 1.29 is 14.6 Å². The lowest BCUT2D eigenvalue weighted by Gasteiger charge is -2.23. The quantitative estimate of drug-likeness (QED) is 0.760. The van der Waals surface area contributed by atoms with Crippen molar-refractivity contribution in [3.05, 3.63) is 29.8 Å². The van der Waals surface area contributed by atoms with Gasteiger partial charge in [-0.25, -0.2) is 0 Å². The van der Waals surface area contributed by atoms with Crippen LogP contribution in [0.4, 0.5) is 0 Å². The molecular formula is C17H25NO3. The molecule has 1 aromatic rings. The zero-order valence-corrected chi connectivity index (χ0v) is 12.9. The van der Waals surface area contributed by atoms with Gasteiger partial charge >= 0.3 is 5.97 Å². The first-order valence-corrected chi connectivity index (χ1v) is 7.72. The zero-order chi connectivity index (χ0) is 15.2. The third-order valence-corrected chi connectivity index (χ3v) is 3.59. The average molecular weight is 291 g/mol. The van der Waals surface area contributed by atoms with Crippen molar-refractivity contribution in [1.29, 1.82) is 0 Å². The fourth-order valence-corrected chi connectivity index (χ4v) is 2.49. The van der Waals surface area contributed by atoms with E-state index in [1.54, 1.807) is 0 Å². The number of benzene rings is 1. The summed E-state index contributed by atoms with van der Waals surface area (Å²) in [5.74, 6) is 0.683. The van der Waals surface area contributed by atoms with Crippen molar-refractivity contribution in [3.63, 3.8) is 0 Å². The predicted molar refractivity (Wildman–Crippen MR) is 82.7 cm³/mol. The smallest absolute Gasteiger partial charge is 0.307 e. The molecule has 0 aromatic heterocycles. The minimum absolute atomic E-state index is 0.0596. The Balaban J connectivity index is 1.75. The lowest BCUT2D eigenvalue weighted by atomic mass is 10.1. The van der Waals surface area contributed by atoms with Crippen LogP contribution >= 0.6 is 0 Å². The van der Waals surface area contributed by atoms with Gasteiger partial charge in [-0.15, -0.1) is 0 Å².